The van der Waals surface area contributed by atoms with Gasteiger partial charge in [0.2, 0.25) is 0 Å². The van der Waals surface area contributed by atoms with Crippen LogP contribution in [0.1, 0.15) is 26.7 Å². The molecule has 2 heteroatoms. The Morgan fingerprint density at radius 2 is 2.22 bits per heavy atom. The standard InChI is InChI=1S/C7H12O2/c1-3-4-7(9)5-6(2)8/h5,9H,3-4H2,1-2H3/b7-5+. The smallest absolute Gasteiger partial charge is 0.155 e. The predicted molar refractivity (Wildman–Crippen MR) is 36.3 cm³/mol. The molecule has 0 heterocycles. The Morgan fingerprint density at radius 1 is 1.67 bits per heavy atom. The van der Waals surface area contributed by atoms with E-state index in [0.29, 0.717) is 6.42 Å². The van der Waals surface area contributed by atoms with E-state index in [1.165, 1.54) is 13.0 Å². The Labute approximate surface area is 55.2 Å². The molecule has 0 aliphatic carbocycles. The van der Waals surface area contributed by atoms with E-state index in [2.05, 4.69) is 0 Å². The molecule has 0 aliphatic heterocycles. The minimum absolute atomic E-state index is 0.0963. The summed E-state index contributed by atoms with van der Waals surface area (Å²) in [5.41, 5.74) is 0. The van der Waals surface area contributed by atoms with Crippen LogP contribution in [0.15, 0.2) is 11.8 Å². The van der Waals surface area contributed by atoms with E-state index in [9.17, 15) is 4.79 Å². The summed E-state index contributed by atoms with van der Waals surface area (Å²) in [5.74, 6) is 0.0888. The van der Waals surface area contributed by atoms with Crippen molar-refractivity contribution in [2.45, 2.75) is 26.7 Å². The van der Waals surface area contributed by atoms with Gasteiger partial charge in [0.1, 0.15) is 0 Å². The number of carbonyl (C=O) groups is 1. The van der Waals surface area contributed by atoms with Crippen molar-refractivity contribution < 1.29 is 9.90 Å². The summed E-state index contributed by atoms with van der Waals surface area (Å²) in [4.78, 5) is 10.3. The lowest BCUT2D eigenvalue weighted by atomic mass is 10.2. The lowest BCUT2D eigenvalue weighted by Crippen LogP contribution is -1.87. The Hall–Kier alpha value is -0.790. The van der Waals surface area contributed by atoms with Crippen LogP contribution < -0.4 is 0 Å². The number of carbonyl (C=O) groups excluding carboxylic acids is 1. The molecule has 0 aliphatic rings. The molecule has 0 bridgehead atoms. The van der Waals surface area contributed by atoms with Gasteiger partial charge in [0, 0.05) is 12.5 Å². The molecule has 0 radical (unpaired) electrons. The van der Waals surface area contributed by atoms with Crippen LogP contribution in [0.4, 0.5) is 0 Å². The second-order valence-electron chi connectivity index (χ2n) is 2.00. The fraction of sp³-hybridized carbons (Fsp3) is 0.571. The molecule has 0 rings (SSSR count). The lowest BCUT2D eigenvalue weighted by molar-refractivity contribution is -0.112. The van der Waals surface area contributed by atoms with Gasteiger partial charge < -0.3 is 5.11 Å². The molecule has 2 nitrogen and oxygen atoms in total. The number of ketones is 1. The van der Waals surface area contributed by atoms with Crippen molar-refractivity contribution in [2.24, 2.45) is 0 Å². The summed E-state index contributed by atoms with van der Waals surface area (Å²) >= 11 is 0. The average molecular weight is 128 g/mol. The third kappa shape index (κ3) is 5.07. The van der Waals surface area contributed by atoms with Crippen molar-refractivity contribution in [3.63, 3.8) is 0 Å². The number of aliphatic hydroxyl groups excluding tert-OH is 1. The molecule has 0 saturated carbocycles. The Morgan fingerprint density at radius 3 is 2.56 bits per heavy atom. The van der Waals surface area contributed by atoms with Gasteiger partial charge in [0.25, 0.3) is 0 Å². The SMILES string of the molecule is CCC/C(O)=C\C(C)=O. The summed E-state index contributed by atoms with van der Waals surface area (Å²) in [7, 11) is 0. The summed E-state index contributed by atoms with van der Waals surface area (Å²) in [5, 5.41) is 8.86. The van der Waals surface area contributed by atoms with E-state index in [1.54, 1.807) is 0 Å². The lowest BCUT2D eigenvalue weighted by Gasteiger charge is -1.92. The summed E-state index contributed by atoms with van der Waals surface area (Å²) in [6.45, 7) is 3.37. The molecular formula is C7H12O2. The summed E-state index contributed by atoms with van der Waals surface area (Å²) in [6, 6.07) is 0. The van der Waals surface area contributed by atoms with E-state index in [-0.39, 0.29) is 11.5 Å². The molecule has 0 unspecified atom stereocenters. The highest BCUT2D eigenvalue weighted by Crippen LogP contribution is 1.98. The first-order valence-corrected chi connectivity index (χ1v) is 3.07. The van der Waals surface area contributed by atoms with Crippen LogP contribution in [-0.2, 0) is 4.79 Å². The van der Waals surface area contributed by atoms with Crippen LogP contribution in [0.5, 0.6) is 0 Å². The van der Waals surface area contributed by atoms with E-state index in [0.717, 1.165) is 6.42 Å². The highest BCUT2D eigenvalue weighted by atomic mass is 16.3. The van der Waals surface area contributed by atoms with Crippen LogP contribution in [0.25, 0.3) is 0 Å². The topological polar surface area (TPSA) is 37.3 Å². The second kappa shape index (κ2) is 4.13. The minimum atomic E-state index is -0.0963. The van der Waals surface area contributed by atoms with Crippen LogP contribution >= 0.6 is 0 Å². The van der Waals surface area contributed by atoms with Gasteiger partial charge in [-0.2, -0.15) is 0 Å². The molecule has 52 valence electrons. The van der Waals surface area contributed by atoms with Crippen molar-refractivity contribution >= 4 is 5.78 Å². The maximum atomic E-state index is 10.3. The maximum Gasteiger partial charge on any atom is 0.155 e. The van der Waals surface area contributed by atoms with E-state index < -0.39 is 0 Å². The van der Waals surface area contributed by atoms with Crippen molar-refractivity contribution in [1.82, 2.24) is 0 Å². The van der Waals surface area contributed by atoms with E-state index in [1.807, 2.05) is 6.92 Å². The van der Waals surface area contributed by atoms with Gasteiger partial charge in [0.15, 0.2) is 5.78 Å². The highest BCUT2D eigenvalue weighted by molar-refractivity contribution is 5.87. The largest absolute Gasteiger partial charge is 0.512 e. The molecule has 0 spiro atoms. The van der Waals surface area contributed by atoms with Gasteiger partial charge in [0.05, 0.1) is 5.76 Å². The maximum absolute atomic E-state index is 10.3. The molecule has 0 amide bonds. The van der Waals surface area contributed by atoms with Crippen molar-refractivity contribution in [3.8, 4) is 0 Å². The third-order valence-electron chi connectivity index (χ3n) is 0.876. The Kier molecular flexibility index (Phi) is 3.76. The quantitative estimate of drug-likeness (QED) is 0.465. The number of aliphatic hydroxyl groups is 1. The van der Waals surface area contributed by atoms with E-state index in [4.69, 9.17) is 5.11 Å². The fourth-order valence-corrected chi connectivity index (χ4v) is 0.563. The van der Waals surface area contributed by atoms with Crippen molar-refractivity contribution in [1.29, 1.82) is 0 Å². The second-order valence-corrected chi connectivity index (χ2v) is 2.00. The summed E-state index contributed by atoms with van der Waals surface area (Å²) < 4.78 is 0. The number of rotatable bonds is 3. The molecular weight excluding hydrogens is 116 g/mol. The monoisotopic (exact) mass is 128 g/mol. The van der Waals surface area contributed by atoms with Gasteiger partial charge in [-0.15, -0.1) is 0 Å². The van der Waals surface area contributed by atoms with Crippen LogP contribution in [-0.4, -0.2) is 10.9 Å². The van der Waals surface area contributed by atoms with Gasteiger partial charge in [-0.05, 0) is 13.3 Å². The Bertz CT molecular complexity index is 125. The zero-order valence-corrected chi connectivity index (χ0v) is 5.85. The zero-order valence-electron chi connectivity index (χ0n) is 5.85. The molecule has 9 heavy (non-hydrogen) atoms. The van der Waals surface area contributed by atoms with Gasteiger partial charge >= 0.3 is 0 Å². The number of allylic oxidation sites excluding steroid dienone is 2. The minimum Gasteiger partial charge on any atom is -0.512 e. The molecule has 0 fully saturated rings. The fourth-order valence-electron chi connectivity index (χ4n) is 0.563. The van der Waals surface area contributed by atoms with E-state index >= 15 is 0 Å². The van der Waals surface area contributed by atoms with Crippen molar-refractivity contribution in [3.05, 3.63) is 11.8 Å². The highest BCUT2D eigenvalue weighted by Gasteiger charge is 1.91. The molecule has 1 N–H and O–H groups in total. The Balaban J connectivity index is 3.69. The molecule has 0 saturated heterocycles. The van der Waals surface area contributed by atoms with Gasteiger partial charge in [-0.1, -0.05) is 6.92 Å². The summed E-state index contributed by atoms with van der Waals surface area (Å²) in [6.07, 6.45) is 2.72. The number of hydrogen-bond acceptors (Lipinski definition) is 2. The van der Waals surface area contributed by atoms with Gasteiger partial charge in [-0.3, -0.25) is 4.79 Å². The predicted octanol–water partition coefficient (Wildman–Crippen LogP) is 1.82. The first-order chi connectivity index (χ1) is 4.16. The van der Waals surface area contributed by atoms with Gasteiger partial charge in [-0.25, -0.2) is 0 Å². The number of hydrogen-bond donors (Lipinski definition) is 1. The third-order valence-corrected chi connectivity index (χ3v) is 0.876. The molecule has 0 aromatic rings. The van der Waals surface area contributed by atoms with Crippen molar-refractivity contribution in [2.75, 3.05) is 0 Å². The normalized spacial score (nSPS) is 11.6. The molecule has 0 atom stereocenters. The van der Waals surface area contributed by atoms with Crippen LogP contribution in [0.2, 0.25) is 0 Å². The zero-order chi connectivity index (χ0) is 7.28. The first-order valence-electron chi connectivity index (χ1n) is 3.07. The molecule has 0 aromatic carbocycles. The molecule has 0 aromatic heterocycles. The average Bonchev–Trinajstić information content (AvgIpc) is 1.63. The van der Waals surface area contributed by atoms with Crippen LogP contribution in [0, 0.1) is 0 Å². The first kappa shape index (κ1) is 8.21. The van der Waals surface area contributed by atoms with Crippen LogP contribution in [0.3, 0.4) is 0 Å².